The lowest BCUT2D eigenvalue weighted by Gasteiger charge is -2.15. The topological polar surface area (TPSA) is 82.0 Å². The highest BCUT2D eigenvalue weighted by Gasteiger charge is 2.28. The van der Waals surface area contributed by atoms with Gasteiger partial charge < -0.3 is 4.90 Å². The number of rotatable bonds is 4. The van der Waals surface area contributed by atoms with Gasteiger partial charge in [0.25, 0.3) is 0 Å². The minimum atomic E-state index is 0.118. The molecule has 1 aromatic rings. The highest BCUT2D eigenvalue weighted by molar-refractivity contribution is 5.78. The Hall–Kier alpha value is -2.07. The Morgan fingerprint density at radius 1 is 1.65 bits per heavy atom. The molecule has 1 saturated heterocycles. The Morgan fingerprint density at radius 2 is 2.53 bits per heavy atom. The third kappa shape index (κ3) is 2.95. The molecule has 1 aliphatic heterocycles. The second-order valence-electron chi connectivity index (χ2n) is 4.12. The van der Waals surface area contributed by atoms with E-state index in [9.17, 15) is 4.79 Å². The normalized spacial score (nSPS) is 19.2. The Morgan fingerprint density at radius 3 is 3.24 bits per heavy atom. The summed E-state index contributed by atoms with van der Waals surface area (Å²) >= 11 is 0. The molecule has 6 nitrogen and oxygen atoms in total. The van der Waals surface area contributed by atoms with E-state index < -0.39 is 0 Å². The van der Waals surface area contributed by atoms with Gasteiger partial charge in [0.15, 0.2) is 0 Å². The molecule has 1 atom stereocenters. The van der Waals surface area contributed by atoms with E-state index in [0.717, 1.165) is 5.56 Å². The van der Waals surface area contributed by atoms with E-state index in [1.54, 1.807) is 17.3 Å². The van der Waals surface area contributed by atoms with Gasteiger partial charge in [0.1, 0.15) is 0 Å². The molecule has 0 radical (unpaired) electrons. The molecule has 0 N–H and O–H groups in total. The van der Waals surface area contributed by atoms with Crippen molar-refractivity contribution in [1.29, 1.82) is 0 Å². The van der Waals surface area contributed by atoms with Crippen LogP contribution in [-0.4, -0.2) is 28.9 Å². The minimum absolute atomic E-state index is 0.118. The zero-order chi connectivity index (χ0) is 12.1. The number of carbonyl (C=O) groups excluding carboxylic acids is 1. The van der Waals surface area contributed by atoms with Crippen LogP contribution in [0.2, 0.25) is 0 Å². The molecule has 1 fully saturated rings. The van der Waals surface area contributed by atoms with Crippen LogP contribution < -0.4 is 0 Å². The van der Waals surface area contributed by atoms with Crippen LogP contribution in [-0.2, 0) is 11.3 Å². The summed E-state index contributed by atoms with van der Waals surface area (Å²) in [5, 5.41) is 3.52. The van der Waals surface area contributed by atoms with E-state index in [0.29, 0.717) is 26.1 Å². The lowest BCUT2D eigenvalue weighted by Crippen LogP contribution is -2.24. The summed E-state index contributed by atoms with van der Waals surface area (Å²) in [6, 6.07) is 3.80. The molecule has 2 heterocycles. The van der Waals surface area contributed by atoms with Crippen molar-refractivity contribution in [3.8, 4) is 0 Å². The van der Waals surface area contributed by atoms with Crippen molar-refractivity contribution >= 4 is 5.91 Å². The van der Waals surface area contributed by atoms with Crippen molar-refractivity contribution in [3.63, 3.8) is 0 Å². The number of carbonyl (C=O) groups is 1. The smallest absolute Gasteiger partial charge is 0.223 e. The zero-order valence-electron chi connectivity index (χ0n) is 9.36. The zero-order valence-corrected chi connectivity index (χ0v) is 9.36. The quantitative estimate of drug-likeness (QED) is 0.449. The average molecular weight is 231 g/mol. The second-order valence-corrected chi connectivity index (χ2v) is 4.12. The molecule has 0 saturated carbocycles. The van der Waals surface area contributed by atoms with Crippen molar-refractivity contribution in [1.82, 2.24) is 9.88 Å². The molecule has 2 rings (SSSR count). The maximum absolute atomic E-state index is 11.7. The van der Waals surface area contributed by atoms with Crippen LogP contribution >= 0.6 is 0 Å². The molecule has 1 aromatic heterocycles. The standard InChI is InChI=1S/C11H13N5O/c12-15-14-6-10-4-11(17)16(8-10)7-9-2-1-3-13-5-9/h1-3,5,10H,4,6-8H2. The fraction of sp³-hybridized carbons (Fsp3) is 0.455. The van der Waals surface area contributed by atoms with Crippen LogP contribution in [0.25, 0.3) is 10.4 Å². The Bertz CT molecular complexity index is 440. The van der Waals surface area contributed by atoms with E-state index in [2.05, 4.69) is 15.0 Å². The van der Waals surface area contributed by atoms with Gasteiger partial charge in [0, 0.05) is 43.4 Å². The van der Waals surface area contributed by atoms with Crippen molar-refractivity contribution in [3.05, 3.63) is 40.5 Å². The first-order chi connectivity index (χ1) is 8.29. The number of azide groups is 1. The van der Waals surface area contributed by atoms with Gasteiger partial charge in [-0.05, 0) is 23.1 Å². The third-order valence-electron chi connectivity index (χ3n) is 2.79. The maximum Gasteiger partial charge on any atom is 0.223 e. The van der Waals surface area contributed by atoms with Crippen molar-refractivity contribution in [2.24, 2.45) is 11.0 Å². The fourth-order valence-corrected chi connectivity index (χ4v) is 1.99. The molecule has 17 heavy (non-hydrogen) atoms. The van der Waals surface area contributed by atoms with Crippen LogP contribution in [0, 0.1) is 5.92 Å². The molecule has 0 bridgehead atoms. The Labute approximate surface area is 98.9 Å². The Balaban J connectivity index is 1.94. The lowest BCUT2D eigenvalue weighted by atomic mass is 10.1. The summed E-state index contributed by atoms with van der Waals surface area (Å²) in [7, 11) is 0. The molecular weight excluding hydrogens is 218 g/mol. The number of hydrogen-bond donors (Lipinski definition) is 0. The van der Waals surface area contributed by atoms with Crippen molar-refractivity contribution in [2.75, 3.05) is 13.1 Å². The molecular formula is C11H13N5O. The van der Waals surface area contributed by atoms with Gasteiger partial charge in [0.05, 0.1) is 0 Å². The maximum atomic E-state index is 11.7. The monoisotopic (exact) mass is 231 g/mol. The van der Waals surface area contributed by atoms with E-state index in [4.69, 9.17) is 5.53 Å². The third-order valence-corrected chi connectivity index (χ3v) is 2.79. The highest BCUT2D eigenvalue weighted by atomic mass is 16.2. The summed E-state index contributed by atoms with van der Waals surface area (Å²) in [5.74, 6) is 0.266. The molecule has 6 heteroatoms. The number of amides is 1. The first-order valence-electron chi connectivity index (χ1n) is 5.47. The van der Waals surface area contributed by atoms with Crippen LogP contribution in [0.3, 0.4) is 0 Å². The van der Waals surface area contributed by atoms with Crippen LogP contribution in [0.15, 0.2) is 29.6 Å². The molecule has 0 aliphatic carbocycles. The van der Waals surface area contributed by atoms with Crippen LogP contribution in [0.4, 0.5) is 0 Å². The molecule has 88 valence electrons. The van der Waals surface area contributed by atoms with Crippen molar-refractivity contribution < 1.29 is 4.79 Å². The number of nitrogens with zero attached hydrogens (tertiary/aromatic N) is 5. The SMILES string of the molecule is [N-]=[N+]=NCC1CC(=O)N(Cc2cccnc2)C1. The molecule has 1 amide bonds. The van der Waals surface area contributed by atoms with Crippen molar-refractivity contribution in [2.45, 2.75) is 13.0 Å². The second kappa shape index (κ2) is 5.32. The number of pyridine rings is 1. The summed E-state index contributed by atoms with van der Waals surface area (Å²) in [5.41, 5.74) is 9.26. The van der Waals surface area contributed by atoms with Gasteiger partial charge in [-0.1, -0.05) is 11.2 Å². The van der Waals surface area contributed by atoms with Gasteiger partial charge in [0.2, 0.25) is 5.91 Å². The number of hydrogen-bond acceptors (Lipinski definition) is 3. The van der Waals surface area contributed by atoms with Crippen LogP contribution in [0.1, 0.15) is 12.0 Å². The Kier molecular flexibility index (Phi) is 3.57. The lowest BCUT2D eigenvalue weighted by molar-refractivity contribution is -0.128. The molecule has 0 spiro atoms. The number of aromatic nitrogens is 1. The van der Waals surface area contributed by atoms with E-state index in [1.807, 2.05) is 12.1 Å². The average Bonchev–Trinajstić information content (AvgIpc) is 2.69. The predicted molar refractivity (Wildman–Crippen MR) is 61.8 cm³/mol. The molecule has 1 unspecified atom stereocenters. The predicted octanol–water partition coefficient (Wildman–Crippen LogP) is 1.74. The van der Waals surface area contributed by atoms with Crippen LogP contribution in [0.5, 0.6) is 0 Å². The summed E-state index contributed by atoms with van der Waals surface area (Å²) < 4.78 is 0. The largest absolute Gasteiger partial charge is 0.338 e. The molecule has 0 aromatic carbocycles. The molecule has 1 aliphatic rings. The van der Waals surface area contributed by atoms with E-state index in [1.165, 1.54) is 0 Å². The van der Waals surface area contributed by atoms with Gasteiger partial charge in [-0.15, -0.1) is 0 Å². The van der Waals surface area contributed by atoms with Gasteiger partial charge in [-0.25, -0.2) is 0 Å². The summed E-state index contributed by atoms with van der Waals surface area (Å²) in [4.78, 5) is 20.2. The van der Waals surface area contributed by atoms with Gasteiger partial charge >= 0.3 is 0 Å². The first-order valence-corrected chi connectivity index (χ1v) is 5.47. The van der Waals surface area contributed by atoms with E-state index >= 15 is 0 Å². The fourth-order valence-electron chi connectivity index (χ4n) is 1.99. The number of likely N-dealkylation sites (tertiary alicyclic amines) is 1. The van der Waals surface area contributed by atoms with Gasteiger partial charge in [-0.3, -0.25) is 9.78 Å². The minimum Gasteiger partial charge on any atom is -0.338 e. The first kappa shape index (κ1) is 11.4. The van der Waals surface area contributed by atoms with E-state index in [-0.39, 0.29) is 11.8 Å². The summed E-state index contributed by atoms with van der Waals surface area (Å²) in [6.45, 7) is 1.64. The summed E-state index contributed by atoms with van der Waals surface area (Å²) in [6.07, 6.45) is 3.94. The highest BCUT2D eigenvalue weighted by Crippen LogP contribution is 2.20. The van der Waals surface area contributed by atoms with Gasteiger partial charge in [-0.2, -0.15) is 0 Å².